The van der Waals surface area contributed by atoms with Crippen LogP contribution in [-0.2, 0) is 0 Å². The van der Waals surface area contributed by atoms with Crippen LogP contribution in [-0.4, -0.2) is 22.2 Å². The number of halogens is 1. The van der Waals surface area contributed by atoms with Gasteiger partial charge in [0.1, 0.15) is 12.1 Å². The van der Waals surface area contributed by atoms with Crippen molar-refractivity contribution < 1.29 is 4.39 Å². The lowest BCUT2D eigenvalue weighted by atomic mass is 10.1. The number of rotatable bonds is 4. The molecule has 0 spiro atoms. The van der Waals surface area contributed by atoms with E-state index >= 15 is 0 Å². The summed E-state index contributed by atoms with van der Waals surface area (Å²) in [6.07, 6.45) is 1.46. The highest BCUT2D eigenvalue weighted by Crippen LogP contribution is 2.33. The number of benzene rings is 1. The molecule has 1 atom stereocenters. The summed E-state index contributed by atoms with van der Waals surface area (Å²) in [6, 6.07) is 3.49. The SMILES string of the molecule is CNC(C)c1cc(F)c(C)cc1Sc1ncn[nH]1. The van der Waals surface area contributed by atoms with Crippen molar-refractivity contribution >= 4 is 11.8 Å². The molecule has 0 aliphatic rings. The van der Waals surface area contributed by atoms with E-state index in [0.717, 1.165) is 10.5 Å². The molecule has 6 heteroatoms. The van der Waals surface area contributed by atoms with Gasteiger partial charge in [0, 0.05) is 10.9 Å². The minimum absolute atomic E-state index is 0.0746. The number of aromatic amines is 1. The zero-order valence-electron chi connectivity index (χ0n) is 10.5. The van der Waals surface area contributed by atoms with Crippen LogP contribution >= 0.6 is 11.8 Å². The van der Waals surface area contributed by atoms with Crippen LogP contribution in [0.25, 0.3) is 0 Å². The van der Waals surface area contributed by atoms with Gasteiger partial charge in [0.05, 0.1) is 0 Å². The van der Waals surface area contributed by atoms with E-state index in [2.05, 4.69) is 20.5 Å². The van der Waals surface area contributed by atoms with E-state index in [1.54, 1.807) is 13.0 Å². The quantitative estimate of drug-likeness (QED) is 0.893. The summed E-state index contributed by atoms with van der Waals surface area (Å²) in [5.74, 6) is -0.186. The van der Waals surface area contributed by atoms with Crippen LogP contribution in [0.3, 0.4) is 0 Å². The number of nitrogens with zero attached hydrogens (tertiary/aromatic N) is 2. The first-order chi connectivity index (χ1) is 8.61. The standard InChI is InChI=1S/C12H15FN4S/c1-7-4-11(18-12-15-6-16-17-12)9(5-10(7)13)8(2)14-3/h4-6,8,14H,1-3H3,(H,15,16,17). The van der Waals surface area contributed by atoms with Crippen LogP contribution in [0.15, 0.2) is 28.5 Å². The molecule has 18 heavy (non-hydrogen) atoms. The molecule has 0 saturated carbocycles. The first-order valence-corrected chi connectivity index (χ1v) is 6.44. The molecule has 1 aromatic heterocycles. The third-order valence-corrected chi connectivity index (χ3v) is 3.75. The topological polar surface area (TPSA) is 53.6 Å². The summed E-state index contributed by atoms with van der Waals surface area (Å²) in [6.45, 7) is 3.75. The van der Waals surface area contributed by atoms with Crippen molar-refractivity contribution in [2.75, 3.05) is 7.05 Å². The Hall–Kier alpha value is -1.40. The van der Waals surface area contributed by atoms with Crippen LogP contribution in [0.2, 0.25) is 0 Å². The van der Waals surface area contributed by atoms with Gasteiger partial charge >= 0.3 is 0 Å². The molecule has 0 aliphatic carbocycles. The Kier molecular flexibility index (Phi) is 3.98. The second-order valence-corrected chi connectivity index (χ2v) is 5.07. The number of H-pyrrole nitrogens is 1. The number of aromatic nitrogens is 3. The average molecular weight is 266 g/mol. The largest absolute Gasteiger partial charge is 0.313 e. The molecule has 0 radical (unpaired) electrons. The fourth-order valence-corrected chi connectivity index (χ4v) is 2.60. The minimum Gasteiger partial charge on any atom is -0.313 e. The second-order valence-electron chi connectivity index (χ2n) is 4.04. The van der Waals surface area contributed by atoms with Crippen molar-refractivity contribution in [1.29, 1.82) is 0 Å². The van der Waals surface area contributed by atoms with Gasteiger partial charge in [-0.3, -0.25) is 5.10 Å². The Bertz CT molecular complexity index is 527. The monoisotopic (exact) mass is 266 g/mol. The zero-order valence-corrected chi connectivity index (χ0v) is 11.3. The highest BCUT2D eigenvalue weighted by atomic mass is 32.2. The van der Waals surface area contributed by atoms with Crippen LogP contribution < -0.4 is 5.32 Å². The van der Waals surface area contributed by atoms with E-state index in [0.29, 0.717) is 10.7 Å². The first kappa shape index (κ1) is 13.0. The molecule has 0 bridgehead atoms. The van der Waals surface area contributed by atoms with Gasteiger partial charge in [0.25, 0.3) is 0 Å². The van der Waals surface area contributed by atoms with Crippen molar-refractivity contribution in [3.05, 3.63) is 35.4 Å². The Morgan fingerprint density at radius 2 is 2.22 bits per heavy atom. The molecule has 4 nitrogen and oxygen atoms in total. The van der Waals surface area contributed by atoms with Gasteiger partial charge in [-0.1, -0.05) is 0 Å². The second kappa shape index (κ2) is 5.49. The Labute approximate surface area is 109 Å². The molecular formula is C12H15FN4S. The Morgan fingerprint density at radius 1 is 1.44 bits per heavy atom. The predicted octanol–water partition coefficient (Wildman–Crippen LogP) is 2.68. The average Bonchev–Trinajstić information content (AvgIpc) is 2.85. The summed E-state index contributed by atoms with van der Waals surface area (Å²) in [5.41, 5.74) is 1.55. The van der Waals surface area contributed by atoms with E-state index in [1.165, 1.54) is 18.1 Å². The van der Waals surface area contributed by atoms with Crippen molar-refractivity contribution in [3.63, 3.8) is 0 Å². The molecule has 2 N–H and O–H groups in total. The first-order valence-electron chi connectivity index (χ1n) is 5.62. The van der Waals surface area contributed by atoms with Crippen molar-refractivity contribution in [3.8, 4) is 0 Å². The van der Waals surface area contributed by atoms with E-state index < -0.39 is 0 Å². The van der Waals surface area contributed by atoms with Crippen molar-refractivity contribution in [1.82, 2.24) is 20.5 Å². The maximum Gasteiger partial charge on any atom is 0.188 e. The van der Waals surface area contributed by atoms with Crippen LogP contribution in [0, 0.1) is 12.7 Å². The molecule has 0 saturated heterocycles. The summed E-state index contributed by atoms with van der Waals surface area (Å²) < 4.78 is 13.7. The molecule has 1 heterocycles. The van der Waals surface area contributed by atoms with Crippen LogP contribution in [0.4, 0.5) is 4.39 Å². The summed E-state index contributed by atoms with van der Waals surface area (Å²) in [5, 5.41) is 10.4. The van der Waals surface area contributed by atoms with Gasteiger partial charge in [-0.15, -0.1) is 0 Å². The molecule has 0 fully saturated rings. The molecule has 2 aromatic rings. The summed E-state index contributed by atoms with van der Waals surface area (Å²) >= 11 is 1.45. The van der Waals surface area contributed by atoms with Gasteiger partial charge in [0.15, 0.2) is 5.16 Å². The molecule has 1 aromatic carbocycles. The van der Waals surface area contributed by atoms with Gasteiger partial charge in [-0.05, 0) is 55.9 Å². The molecule has 2 rings (SSSR count). The van der Waals surface area contributed by atoms with Gasteiger partial charge < -0.3 is 5.32 Å². The number of aryl methyl sites for hydroxylation is 1. The van der Waals surface area contributed by atoms with E-state index in [4.69, 9.17) is 0 Å². The molecule has 0 aliphatic heterocycles. The summed E-state index contributed by atoms with van der Waals surface area (Å²) in [4.78, 5) is 5.05. The smallest absolute Gasteiger partial charge is 0.188 e. The highest BCUT2D eigenvalue weighted by molar-refractivity contribution is 7.99. The van der Waals surface area contributed by atoms with Crippen molar-refractivity contribution in [2.45, 2.75) is 29.9 Å². The lowest BCUT2D eigenvalue weighted by Gasteiger charge is -2.16. The normalized spacial score (nSPS) is 12.7. The number of hydrogen-bond donors (Lipinski definition) is 2. The number of hydrogen-bond acceptors (Lipinski definition) is 4. The fraction of sp³-hybridized carbons (Fsp3) is 0.333. The number of nitrogens with one attached hydrogen (secondary N) is 2. The van der Waals surface area contributed by atoms with Gasteiger partial charge in [-0.25, -0.2) is 9.37 Å². The summed E-state index contributed by atoms with van der Waals surface area (Å²) in [7, 11) is 1.85. The van der Waals surface area contributed by atoms with E-state index in [9.17, 15) is 4.39 Å². The van der Waals surface area contributed by atoms with Crippen LogP contribution in [0.1, 0.15) is 24.1 Å². The Balaban J connectivity index is 2.40. The maximum atomic E-state index is 13.7. The predicted molar refractivity (Wildman–Crippen MR) is 69.1 cm³/mol. The molecule has 0 amide bonds. The van der Waals surface area contributed by atoms with E-state index in [1.807, 2.05) is 20.0 Å². The maximum absolute atomic E-state index is 13.7. The minimum atomic E-state index is -0.186. The third-order valence-electron chi connectivity index (χ3n) is 2.79. The Morgan fingerprint density at radius 3 is 2.83 bits per heavy atom. The molecule has 1 unspecified atom stereocenters. The fourth-order valence-electron chi connectivity index (χ4n) is 1.60. The lowest BCUT2D eigenvalue weighted by Crippen LogP contribution is -2.13. The third kappa shape index (κ3) is 2.70. The highest BCUT2D eigenvalue weighted by Gasteiger charge is 2.14. The van der Waals surface area contributed by atoms with Crippen LogP contribution in [0.5, 0.6) is 0 Å². The molecule has 96 valence electrons. The lowest BCUT2D eigenvalue weighted by molar-refractivity contribution is 0.594. The molecular weight excluding hydrogens is 251 g/mol. The van der Waals surface area contributed by atoms with Crippen molar-refractivity contribution in [2.24, 2.45) is 0 Å². The van der Waals surface area contributed by atoms with Gasteiger partial charge in [-0.2, -0.15) is 5.10 Å². The zero-order chi connectivity index (χ0) is 13.1. The van der Waals surface area contributed by atoms with E-state index in [-0.39, 0.29) is 11.9 Å². The van der Waals surface area contributed by atoms with Gasteiger partial charge in [0.2, 0.25) is 0 Å².